The number of rotatable bonds is 3. The van der Waals surface area contributed by atoms with Gasteiger partial charge in [0.25, 0.3) is 0 Å². The van der Waals surface area contributed by atoms with Crippen molar-refractivity contribution in [2.45, 2.75) is 19.9 Å². The molecule has 0 spiro atoms. The molecule has 78 valence electrons. The number of nitrogens with zero attached hydrogens (tertiary/aromatic N) is 3. The molecule has 0 atom stereocenters. The van der Waals surface area contributed by atoms with Gasteiger partial charge in [0.1, 0.15) is 12.7 Å². The smallest absolute Gasteiger partial charge is 0.138 e. The van der Waals surface area contributed by atoms with Crippen molar-refractivity contribution in [3.63, 3.8) is 0 Å². The Bertz CT molecular complexity index is 420. The summed E-state index contributed by atoms with van der Waals surface area (Å²) >= 11 is 0. The number of hydrogen-bond donors (Lipinski definition) is 1. The molecule has 15 heavy (non-hydrogen) atoms. The fraction of sp³-hybridized carbons (Fsp3) is 0.273. The molecule has 0 radical (unpaired) electrons. The Morgan fingerprint density at radius 3 is 2.73 bits per heavy atom. The van der Waals surface area contributed by atoms with Crippen LogP contribution in [0.1, 0.15) is 13.8 Å². The fourth-order valence-electron chi connectivity index (χ4n) is 1.44. The van der Waals surface area contributed by atoms with E-state index in [1.165, 1.54) is 6.33 Å². The van der Waals surface area contributed by atoms with E-state index in [0.29, 0.717) is 6.04 Å². The second kappa shape index (κ2) is 4.13. The van der Waals surface area contributed by atoms with Gasteiger partial charge in [-0.2, -0.15) is 5.10 Å². The first-order chi connectivity index (χ1) is 7.27. The van der Waals surface area contributed by atoms with Crippen molar-refractivity contribution in [3.05, 3.63) is 36.9 Å². The van der Waals surface area contributed by atoms with Crippen molar-refractivity contribution in [1.29, 1.82) is 0 Å². The van der Waals surface area contributed by atoms with Gasteiger partial charge in [0.2, 0.25) is 0 Å². The van der Waals surface area contributed by atoms with Crippen LogP contribution in [0, 0.1) is 0 Å². The lowest BCUT2D eigenvalue weighted by atomic mass is 10.2. The number of anilines is 1. The first-order valence-electron chi connectivity index (χ1n) is 4.98. The third-order valence-corrected chi connectivity index (χ3v) is 2.01. The van der Waals surface area contributed by atoms with Crippen molar-refractivity contribution in [3.8, 4) is 5.69 Å². The molecule has 0 fully saturated rings. The van der Waals surface area contributed by atoms with Gasteiger partial charge in [-0.15, -0.1) is 0 Å². The zero-order valence-electron chi connectivity index (χ0n) is 8.88. The van der Waals surface area contributed by atoms with Crippen molar-refractivity contribution in [1.82, 2.24) is 14.8 Å². The van der Waals surface area contributed by atoms with Gasteiger partial charge in [-0.25, -0.2) is 9.67 Å². The lowest BCUT2D eigenvalue weighted by molar-refractivity contribution is 0.859. The van der Waals surface area contributed by atoms with E-state index >= 15 is 0 Å². The molecule has 2 rings (SSSR count). The molecule has 0 aliphatic carbocycles. The Morgan fingerprint density at radius 1 is 1.27 bits per heavy atom. The summed E-state index contributed by atoms with van der Waals surface area (Å²) in [6, 6.07) is 8.44. The highest BCUT2D eigenvalue weighted by atomic mass is 15.3. The summed E-state index contributed by atoms with van der Waals surface area (Å²) in [7, 11) is 0. The van der Waals surface area contributed by atoms with E-state index in [2.05, 4.69) is 29.2 Å². The topological polar surface area (TPSA) is 42.7 Å². The first kappa shape index (κ1) is 9.71. The Kier molecular flexibility index (Phi) is 2.67. The standard InChI is InChI=1S/C11H14N4/c1-9(2)14-10-5-3-4-6-11(10)15-8-12-7-13-15/h3-9,14H,1-2H3. The normalized spacial score (nSPS) is 10.6. The molecule has 4 nitrogen and oxygen atoms in total. The molecule has 0 amide bonds. The van der Waals surface area contributed by atoms with Gasteiger partial charge in [0.15, 0.2) is 0 Å². The van der Waals surface area contributed by atoms with Crippen LogP contribution < -0.4 is 5.32 Å². The van der Waals surface area contributed by atoms with Gasteiger partial charge in [0, 0.05) is 6.04 Å². The predicted molar refractivity (Wildman–Crippen MR) is 60.1 cm³/mol. The quantitative estimate of drug-likeness (QED) is 0.828. The molecular weight excluding hydrogens is 188 g/mol. The zero-order valence-corrected chi connectivity index (χ0v) is 8.88. The van der Waals surface area contributed by atoms with E-state index in [4.69, 9.17) is 0 Å². The number of aromatic nitrogens is 3. The molecule has 0 unspecified atom stereocenters. The lowest BCUT2D eigenvalue weighted by Crippen LogP contribution is -2.12. The second-order valence-corrected chi connectivity index (χ2v) is 3.66. The van der Waals surface area contributed by atoms with E-state index in [1.54, 1.807) is 11.0 Å². The minimum atomic E-state index is 0.398. The minimum Gasteiger partial charge on any atom is -0.381 e. The van der Waals surface area contributed by atoms with Gasteiger partial charge in [0.05, 0.1) is 11.4 Å². The van der Waals surface area contributed by atoms with Crippen LogP contribution in [0.2, 0.25) is 0 Å². The van der Waals surface area contributed by atoms with E-state index < -0.39 is 0 Å². The van der Waals surface area contributed by atoms with Crippen molar-refractivity contribution < 1.29 is 0 Å². The molecule has 1 aromatic heterocycles. The van der Waals surface area contributed by atoms with E-state index in [1.807, 2.05) is 24.3 Å². The third-order valence-electron chi connectivity index (χ3n) is 2.01. The molecule has 2 aromatic rings. The summed E-state index contributed by atoms with van der Waals surface area (Å²) in [4.78, 5) is 3.94. The number of nitrogens with one attached hydrogen (secondary N) is 1. The molecule has 0 aliphatic heterocycles. The molecule has 1 N–H and O–H groups in total. The second-order valence-electron chi connectivity index (χ2n) is 3.66. The van der Waals surface area contributed by atoms with Gasteiger partial charge < -0.3 is 5.32 Å². The molecule has 0 saturated heterocycles. The summed E-state index contributed by atoms with van der Waals surface area (Å²) in [5.41, 5.74) is 2.08. The van der Waals surface area contributed by atoms with Crippen LogP contribution >= 0.6 is 0 Å². The first-order valence-corrected chi connectivity index (χ1v) is 4.98. The molecule has 0 aliphatic rings. The van der Waals surface area contributed by atoms with E-state index in [9.17, 15) is 0 Å². The Balaban J connectivity index is 2.38. The highest BCUT2D eigenvalue weighted by Gasteiger charge is 2.04. The number of hydrogen-bond acceptors (Lipinski definition) is 3. The van der Waals surface area contributed by atoms with Crippen LogP contribution in [0.15, 0.2) is 36.9 Å². The van der Waals surface area contributed by atoms with Gasteiger partial charge in [-0.05, 0) is 26.0 Å². The maximum absolute atomic E-state index is 4.12. The summed E-state index contributed by atoms with van der Waals surface area (Å²) in [5, 5.41) is 7.49. The van der Waals surface area contributed by atoms with Crippen LogP contribution in [-0.2, 0) is 0 Å². The molecule has 0 bridgehead atoms. The monoisotopic (exact) mass is 202 g/mol. The van der Waals surface area contributed by atoms with Crippen molar-refractivity contribution in [2.24, 2.45) is 0 Å². The average Bonchev–Trinajstić information content (AvgIpc) is 2.70. The van der Waals surface area contributed by atoms with Crippen LogP contribution in [0.3, 0.4) is 0 Å². The molecule has 0 saturated carbocycles. The number of benzene rings is 1. The van der Waals surface area contributed by atoms with Gasteiger partial charge in [-0.3, -0.25) is 0 Å². The van der Waals surface area contributed by atoms with E-state index in [-0.39, 0.29) is 0 Å². The zero-order chi connectivity index (χ0) is 10.7. The predicted octanol–water partition coefficient (Wildman–Crippen LogP) is 2.09. The average molecular weight is 202 g/mol. The summed E-state index contributed by atoms with van der Waals surface area (Å²) in [6.07, 6.45) is 3.23. The highest BCUT2D eigenvalue weighted by Crippen LogP contribution is 2.19. The summed E-state index contributed by atoms with van der Waals surface area (Å²) in [5.74, 6) is 0. The van der Waals surface area contributed by atoms with Gasteiger partial charge in [-0.1, -0.05) is 12.1 Å². The summed E-state index contributed by atoms with van der Waals surface area (Å²) in [6.45, 7) is 4.22. The third kappa shape index (κ3) is 2.15. The fourth-order valence-corrected chi connectivity index (χ4v) is 1.44. The van der Waals surface area contributed by atoms with Crippen molar-refractivity contribution in [2.75, 3.05) is 5.32 Å². The molecule has 1 aromatic carbocycles. The Labute approximate surface area is 89.0 Å². The molecular formula is C11H14N4. The Hall–Kier alpha value is -1.84. The molecule has 4 heteroatoms. The SMILES string of the molecule is CC(C)Nc1ccccc1-n1cncn1. The minimum absolute atomic E-state index is 0.398. The van der Waals surface area contributed by atoms with Crippen LogP contribution in [0.5, 0.6) is 0 Å². The number of para-hydroxylation sites is 2. The lowest BCUT2D eigenvalue weighted by Gasteiger charge is -2.13. The maximum Gasteiger partial charge on any atom is 0.138 e. The van der Waals surface area contributed by atoms with Crippen LogP contribution in [0.25, 0.3) is 5.69 Å². The molecule has 1 heterocycles. The van der Waals surface area contributed by atoms with E-state index in [0.717, 1.165) is 11.4 Å². The largest absolute Gasteiger partial charge is 0.381 e. The van der Waals surface area contributed by atoms with Crippen LogP contribution in [0.4, 0.5) is 5.69 Å². The van der Waals surface area contributed by atoms with Crippen LogP contribution in [-0.4, -0.2) is 20.8 Å². The highest BCUT2D eigenvalue weighted by molar-refractivity contribution is 5.60. The summed E-state index contributed by atoms with van der Waals surface area (Å²) < 4.78 is 1.75. The van der Waals surface area contributed by atoms with Crippen molar-refractivity contribution >= 4 is 5.69 Å². The Morgan fingerprint density at radius 2 is 2.07 bits per heavy atom. The maximum atomic E-state index is 4.12. The van der Waals surface area contributed by atoms with Gasteiger partial charge >= 0.3 is 0 Å².